The first kappa shape index (κ1) is 13.4. The van der Waals surface area contributed by atoms with E-state index in [0.717, 1.165) is 16.9 Å². The van der Waals surface area contributed by atoms with E-state index in [1.807, 2.05) is 18.2 Å². The average molecular weight is 261 g/mol. The molecule has 1 aromatic carbocycles. The fraction of sp³-hybridized carbons (Fsp3) is 0.429. The van der Waals surface area contributed by atoms with Gasteiger partial charge in [0.25, 0.3) is 0 Å². The molecule has 0 unspecified atom stereocenters. The Hall–Kier alpha value is -2.04. The molecule has 1 heterocycles. The summed E-state index contributed by atoms with van der Waals surface area (Å²) in [5.41, 5.74) is 2.45. The van der Waals surface area contributed by atoms with Gasteiger partial charge in [-0.25, -0.2) is 9.78 Å². The van der Waals surface area contributed by atoms with Crippen LogP contribution in [0.3, 0.4) is 0 Å². The lowest BCUT2D eigenvalue weighted by Crippen LogP contribution is -2.13. The van der Waals surface area contributed by atoms with Crippen LogP contribution < -0.4 is 5.32 Å². The molecule has 2 rings (SSSR count). The van der Waals surface area contributed by atoms with Crippen LogP contribution in [-0.2, 0) is 10.2 Å². The first-order valence-electron chi connectivity index (χ1n) is 6.34. The number of H-pyrrole nitrogens is 1. The molecule has 5 heteroatoms. The number of imidazole rings is 1. The lowest BCUT2D eigenvalue weighted by molar-refractivity contribution is 0.168. The number of carbonyl (C=O) groups excluding carboxylic acids is 1. The summed E-state index contributed by atoms with van der Waals surface area (Å²) in [7, 11) is 0. The largest absolute Gasteiger partial charge is 0.450 e. The normalized spacial score (nSPS) is 11.6. The third-order valence-electron chi connectivity index (χ3n) is 2.71. The van der Waals surface area contributed by atoms with E-state index in [0.29, 0.717) is 12.3 Å². The van der Waals surface area contributed by atoms with E-state index in [9.17, 15) is 4.79 Å². The van der Waals surface area contributed by atoms with Crippen molar-refractivity contribution in [3.63, 3.8) is 0 Å². The SMILES string of the molecule is CCOC(=O)Nc1ccc2nc(C(C)(C)C)[nH]c2c1. The standard InChI is InChI=1S/C14H19N3O2/c1-5-19-13(18)15-9-6-7-10-11(8-9)17-12(16-10)14(2,3)4/h6-8H,5H2,1-4H3,(H,15,18)(H,16,17). The van der Waals surface area contributed by atoms with Crippen molar-refractivity contribution in [2.45, 2.75) is 33.1 Å². The van der Waals surface area contributed by atoms with Crippen molar-refractivity contribution in [1.29, 1.82) is 0 Å². The molecule has 0 bridgehead atoms. The molecule has 0 atom stereocenters. The molecule has 0 radical (unpaired) electrons. The van der Waals surface area contributed by atoms with Crippen LogP contribution >= 0.6 is 0 Å². The van der Waals surface area contributed by atoms with Crippen molar-refractivity contribution in [3.8, 4) is 0 Å². The topological polar surface area (TPSA) is 67.0 Å². The van der Waals surface area contributed by atoms with E-state index >= 15 is 0 Å². The van der Waals surface area contributed by atoms with E-state index in [2.05, 4.69) is 36.1 Å². The lowest BCUT2D eigenvalue weighted by atomic mass is 9.96. The summed E-state index contributed by atoms with van der Waals surface area (Å²) in [4.78, 5) is 19.2. The number of hydrogen-bond acceptors (Lipinski definition) is 3. The monoisotopic (exact) mass is 261 g/mol. The van der Waals surface area contributed by atoms with Gasteiger partial charge in [0, 0.05) is 11.1 Å². The van der Waals surface area contributed by atoms with Crippen LogP contribution in [0.1, 0.15) is 33.5 Å². The maximum atomic E-state index is 11.4. The van der Waals surface area contributed by atoms with Gasteiger partial charge >= 0.3 is 6.09 Å². The van der Waals surface area contributed by atoms with Gasteiger partial charge in [-0.3, -0.25) is 5.32 Å². The Labute approximate surface area is 112 Å². The molecule has 0 saturated heterocycles. The smallest absolute Gasteiger partial charge is 0.411 e. The molecule has 102 valence electrons. The number of rotatable bonds is 2. The molecule has 0 aliphatic heterocycles. The van der Waals surface area contributed by atoms with Gasteiger partial charge in [0.2, 0.25) is 0 Å². The van der Waals surface area contributed by atoms with Crippen LogP contribution in [0.25, 0.3) is 11.0 Å². The van der Waals surface area contributed by atoms with Gasteiger partial charge in [-0.15, -0.1) is 0 Å². The zero-order valence-corrected chi connectivity index (χ0v) is 11.7. The second-order valence-electron chi connectivity index (χ2n) is 5.41. The van der Waals surface area contributed by atoms with E-state index in [1.165, 1.54) is 0 Å². The molecule has 0 aliphatic rings. The van der Waals surface area contributed by atoms with Crippen LogP contribution in [-0.4, -0.2) is 22.7 Å². The molecular formula is C14H19N3O2. The van der Waals surface area contributed by atoms with Crippen LogP contribution in [0.2, 0.25) is 0 Å². The summed E-state index contributed by atoms with van der Waals surface area (Å²) in [6.07, 6.45) is -0.447. The van der Waals surface area contributed by atoms with E-state index < -0.39 is 6.09 Å². The Morgan fingerprint density at radius 3 is 2.79 bits per heavy atom. The molecule has 0 spiro atoms. The lowest BCUT2D eigenvalue weighted by Gasteiger charge is -2.13. The number of amides is 1. The van der Waals surface area contributed by atoms with E-state index in [-0.39, 0.29) is 5.41 Å². The number of nitrogens with zero attached hydrogens (tertiary/aromatic N) is 1. The number of fused-ring (bicyclic) bond motifs is 1. The second kappa shape index (κ2) is 4.91. The third-order valence-corrected chi connectivity index (χ3v) is 2.71. The number of hydrogen-bond donors (Lipinski definition) is 2. The summed E-state index contributed by atoms with van der Waals surface area (Å²) in [5.74, 6) is 0.927. The quantitative estimate of drug-likeness (QED) is 0.870. The summed E-state index contributed by atoms with van der Waals surface area (Å²) < 4.78 is 4.84. The first-order chi connectivity index (χ1) is 8.90. The van der Waals surface area contributed by atoms with Gasteiger partial charge in [0.15, 0.2) is 0 Å². The van der Waals surface area contributed by atoms with Gasteiger partial charge in [-0.05, 0) is 25.1 Å². The predicted molar refractivity (Wildman–Crippen MR) is 75.4 cm³/mol. The highest BCUT2D eigenvalue weighted by atomic mass is 16.5. The zero-order valence-electron chi connectivity index (χ0n) is 11.7. The van der Waals surface area contributed by atoms with E-state index in [1.54, 1.807) is 6.92 Å². The fourth-order valence-electron chi connectivity index (χ4n) is 1.73. The number of benzene rings is 1. The molecule has 0 saturated carbocycles. The van der Waals surface area contributed by atoms with Crippen molar-refractivity contribution in [1.82, 2.24) is 9.97 Å². The van der Waals surface area contributed by atoms with Crippen LogP contribution in [0.5, 0.6) is 0 Å². The minimum absolute atomic E-state index is 0.0340. The van der Waals surface area contributed by atoms with Gasteiger partial charge in [0.1, 0.15) is 5.82 Å². The Balaban J connectivity index is 2.28. The van der Waals surface area contributed by atoms with Gasteiger partial charge in [0.05, 0.1) is 17.6 Å². The van der Waals surface area contributed by atoms with Crippen LogP contribution in [0, 0.1) is 0 Å². The summed E-state index contributed by atoms with van der Waals surface area (Å²) in [6, 6.07) is 5.55. The van der Waals surface area contributed by atoms with Gasteiger partial charge in [-0.2, -0.15) is 0 Å². The number of ether oxygens (including phenoxy) is 1. The molecule has 2 aromatic rings. The summed E-state index contributed by atoms with van der Waals surface area (Å²) in [5, 5.41) is 2.67. The number of nitrogens with one attached hydrogen (secondary N) is 2. The average Bonchev–Trinajstić information content (AvgIpc) is 2.71. The van der Waals surface area contributed by atoms with Crippen molar-refractivity contribution in [3.05, 3.63) is 24.0 Å². The summed E-state index contributed by atoms with van der Waals surface area (Å²) >= 11 is 0. The highest BCUT2D eigenvalue weighted by Crippen LogP contribution is 2.24. The minimum Gasteiger partial charge on any atom is -0.450 e. The Morgan fingerprint density at radius 2 is 2.16 bits per heavy atom. The van der Waals surface area contributed by atoms with Crippen molar-refractivity contribution in [2.75, 3.05) is 11.9 Å². The third kappa shape index (κ3) is 3.05. The fourth-order valence-corrected chi connectivity index (χ4v) is 1.73. The van der Waals surface area contributed by atoms with Crippen molar-refractivity contribution < 1.29 is 9.53 Å². The molecule has 0 fully saturated rings. The van der Waals surface area contributed by atoms with Gasteiger partial charge in [-0.1, -0.05) is 20.8 Å². The van der Waals surface area contributed by atoms with Crippen LogP contribution in [0.15, 0.2) is 18.2 Å². The molecule has 1 amide bonds. The maximum absolute atomic E-state index is 11.4. The Kier molecular flexibility index (Phi) is 3.46. The van der Waals surface area contributed by atoms with Gasteiger partial charge < -0.3 is 9.72 Å². The highest BCUT2D eigenvalue weighted by molar-refractivity contribution is 5.88. The van der Waals surface area contributed by atoms with Crippen molar-refractivity contribution in [2.24, 2.45) is 0 Å². The van der Waals surface area contributed by atoms with Crippen LogP contribution in [0.4, 0.5) is 10.5 Å². The molecule has 1 aromatic heterocycles. The number of aromatic amines is 1. The number of aromatic nitrogens is 2. The molecule has 2 N–H and O–H groups in total. The second-order valence-corrected chi connectivity index (χ2v) is 5.41. The first-order valence-corrected chi connectivity index (χ1v) is 6.34. The Morgan fingerprint density at radius 1 is 1.42 bits per heavy atom. The predicted octanol–water partition coefficient (Wildman–Crippen LogP) is 3.43. The highest BCUT2D eigenvalue weighted by Gasteiger charge is 2.18. The molecule has 0 aliphatic carbocycles. The number of carbonyl (C=O) groups is 1. The van der Waals surface area contributed by atoms with Crippen molar-refractivity contribution >= 4 is 22.8 Å². The maximum Gasteiger partial charge on any atom is 0.411 e. The molecular weight excluding hydrogens is 242 g/mol. The Bertz CT molecular complexity index is 596. The summed E-state index contributed by atoms with van der Waals surface area (Å²) in [6.45, 7) is 8.42. The zero-order chi connectivity index (χ0) is 14.0. The number of anilines is 1. The minimum atomic E-state index is -0.447. The molecule has 5 nitrogen and oxygen atoms in total. The molecule has 19 heavy (non-hydrogen) atoms. The van der Waals surface area contributed by atoms with E-state index in [4.69, 9.17) is 4.74 Å².